The van der Waals surface area contributed by atoms with Crippen LogP contribution < -0.4 is 21.9 Å². The van der Waals surface area contributed by atoms with E-state index >= 15 is 0 Å². The quantitative estimate of drug-likeness (QED) is 0.0646. The molecule has 0 aliphatic carbocycles. The van der Waals surface area contributed by atoms with Crippen LogP contribution in [0.25, 0.3) is 22.3 Å². The Morgan fingerprint density at radius 3 is 2.17 bits per heavy atom. The molecule has 0 spiro atoms. The molecule has 286 valence electrons. The molecule has 4 unspecified atom stereocenters. The van der Waals surface area contributed by atoms with Gasteiger partial charge in [-0.3, -0.25) is 28.0 Å². The monoisotopic (exact) mass is 819 g/mol. The minimum absolute atomic E-state index is 0.00307. The van der Waals surface area contributed by atoms with E-state index in [9.17, 15) is 52.8 Å². The summed E-state index contributed by atoms with van der Waals surface area (Å²) < 4.78 is 80.9. The number of nitrogen functional groups attached to an aromatic ring is 2. The van der Waals surface area contributed by atoms with E-state index < -0.39 is 86.8 Å². The summed E-state index contributed by atoms with van der Waals surface area (Å²) in [5.74, 6) is -0.176. The molecule has 52 heavy (non-hydrogen) atoms. The molecule has 6 heterocycles. The number of aromatic amines is 1. The lowest BCUT2D eigenvalue weighted by Crippen LogP contribution is -2.33. The molecule has 10 atom stereocenters. The summed E-state index contributed by atoms with van der Waals surface area (Å²) in [4.78, 5) is 74.9. The zero-order valence-electron chi connectivity index (χ0n) is 25.8. The van der Waals surface area contributed by atoms with Gasteiger partial charge in [0, 0.05) is 0 Å². The maximum Gasteiger partial charge on any atom is 0.480 e. The molecule has 12 N–H and O–H groups in total. The predicted molar refractivity (Wildman–Crippen MR) is 168 cm³/mol. The standard InChI is InChI=1S/C20H29N11O17P4/c21-15-11-16(24-5-23-15)31(7-25-11)19-14(33)13(32)9(46-19)4-44-52(41,42)48-50(37,38)29-49(35,36)47-51(39,40)43-3-8-1-2-10(45-8)30-6-26-12-17(30)27-20(22)28-18(12)34/h5-10,13-14,19,32-33H,1-4H2,(H,39,40)(H,41,42)(H2,21,23,24)(H3,22,27,28,34)(H3,29,35,36,37,38)/t8-,9+,10+,13+,14+,19+/m0/s1. The first kappa shape index (κ1) is 38.6. The highest BCUT2D eigenvalue weighted by Gasteiger charge is 2.48. The van der Waals surface area contributed by atoms with Gasteiger partial charge in [-0.05, 0) is 12.8 Å². The SMILES string of the molecule is Nc1nc2c(ncn2[C@H]2CC[C@@H](COP(=O)(O)OP(=O)(O)NP(=O)(O)OP(=O)(O)OC[C@H]3O[C@@H](n4cnc5c(N)ncnc54)[C@H](O)[C@@H]3O)O2)c(=O)[nH]1. The van der Waals surface area contributed by atoms with Gasteiger partial charge >= 0.3 is 31.1 Å². The number of aromatic nitrogens is 8. The summed E-state index contributed by atoms with van der Waals surface area (Å²) in [5.41, 5.74) is 11.0. The van der Waals surface area contributed by atoms with Crippen LogP contribution >= 0.6 is 31.1 Å². The number of aliphatic hydroxyl groups is 2. The van der Waals surface area contributed by atoms with Crippen molar-refractivity contribution in [2.75, 3.05) is 24.7 Å². The Morgan fingerprint density at radius 2 is 1.48 bits per heavy atom. The highest BCUT2D eigenvalue weighted by atomic mass is 31.3. The lowest BCUT2D eigenvalue weighted by Gasteiger charge is -2.22. The number of hydrogen-bond donors (Lipinski definition) is 10. The second-order valence-electron chi connectivity index (χ2n) is 11.0. The van der Waals surface area contributed by atoms with Crippen molar-refractivity contribution in [3.05, 3.63) is 29.3 Å². The number of H-pyrrole nitrogens is 1. The van der Waals surface area contributed by atoms with Gasteiger partial charge in [0.25, 0.3) is 5.56 Å². The van der Waals surface area contributed by atoms with Crippen molar-refractivity contribution in [1.29, 1.82) is 0 Å². The number of hydrogen-bond acceptors (Lipinski definition) is 20. The number of nitrogens with one attached hydrogen (secondary N) is 2. The molecular weight excluding hydrogens is 790 g/mol. The van der Waals surface area contributed by atoms with Gasteiger partial charge in [0.05, 0.1) is 32.0 Å². The van der Waals surface area contributed by atoms with Crippen LogP contribution in [0.5, 0.6) is 0 Å². The largest absolute Gasteiger partial charge is 0.480 e. The van der Waals surface area contributed by atoms with E-state index in [-0.39, 0.29) is 46.9 Å². The van der Waals surface area contributed by atoms with E-state index in [0.717, 1.165) is 11.2 Å². The highest BCUT2D eigenvalue weighted by molar-refractivity contribution is 7.73. The zero-order valence-corrected chi connectivity index (χ0v) is 29.4. The van der Waals surface area contributed by atoms with Crippen LogP contribution in [0.2, 0.25) is 0 Å². The number of nitrogens with zero attached hydrogens (tertiary/aromatic N) is 7. The van der Waals surface area contributed by atoms with Crippen LogP contribution in [-0.2, 0) is 45.4 Å². The Balaban J connectivity index is 0.992. The van der Waals surface area contributed by atoms with Crippen molar-refractivity contribution >= 4 is 65.2 Å². The molecule has 2 saturated heterocycles. The van der Waals surface area contributed by atoms with E-state index in [1.165, 1.54) is 21.8 Å². The third-order valence-corrected chi connectivity index (χ3v) is 13.7. The molecule has 32 heteroatoms. The Morgan fingerprint density at radius 1 is 0.846 bits per heavy atom. The average molecular weight is 819 g/mol. The molecule has 2 aliphatic heterocycles. The van der Waals surface area contributed by atoms with E-state index in [1.54, 1.807) is 0 Å². The van der Waals surface area contributed by atoms with Crippen LogP contribution in [0.4, 0.5) is 11.8 Å². The summed E-state index contributed by atoms with van der Waals surface area (Å²) in [6.45, 7) is -1.76. The molecule has 2 aliphatic rings. The molecule has 2 fully saturated rings. The lowest BCUT2D eigenvalue weighted by atomic mass is 10.1. The minimum atomic E-state index is -5.88. The number of nitrogens with two attached hydrogens (primary N) is 2. The highest BCUT2D eigenvalue weighted by Crippen LogP contribution is 2.66. The molecule has 4 aromatic heterocycles. The number of anilines is 2. The van der Waals surface area contributed by atoms with Gasteiger partial charge in [-0.25, -0.2) is 38.2 Å². The molecule has 0 aromatic carbocycles. The van der Waals surface area contributed by atoms with Crippen molar-refractivity contribution in [3.8, 4) is 0 Å². The first-order valence-electron chi connectivity index (χ1n) is 14.4. The Labute approximate surface area is 288 Å². The van der Waals surface area contributed by atoms with Crippen LogP contribution in [0.3, 0.4) is 0 Å². The first-order chi connectivity index (χ1) is 24.2. The molecule has 4 aromatic rings. The summed E-state index contributed by atoms with van der Waals surface area (Å²) in [6, 6.07) is 0. The number of fused-ring (bicyclic) bond motifs is 2. The summed E-state index contributed by atoms with van der Waals surface area (Å²) >= 11 is 0. The summed E-state index contributed by atoms with van der Waals surface area (Å²) in [7, 11) is -22.9. The van der Waals surface area contributed by atoms with Crippen molar-refractivity contribution in [2.24, 2.45) is 0 Å². The van der Waals surface area contributed by atoms with Gasteiger partial charge in [-0.2, -0.15) is 13.6 Å². The van der Waals surface area contributed by atoms with Gasteiger partial charge in [0.1, 0.15) is 36.4 Å². The molecule has 0 radical (unpaired) electrons. The molecule has 0 bridgehead atoms. The van der Waals surface area contributed by atoms with Gasteiger partial charge in [-0.15, -0.1) is 4.86 Å². The van der Waals surface area contributed by atoms with E-state index in [2.05, 4.69) is 43.0 Å². The summed E-state index contributed by atoms with van der Waals surface area (Å²) in [6.07, 6.45) is -4.04. The first-order valence-corrected chi connectivity index (χ1v) is 20.5. The number of imidazole rings is 2. The second-order valence-corrected chi connectivity index (χ2v) is 17.6. The second kappa shape index (κ2) is 14.3. The number of ether oxygens (including phenoxy) is 2. The van der Waals surface area contributed by atoms with Crippen LogP contribution in [-0.4, -0.2) is 106 Å². The molecule has 6 rings (SSSR count). The Kier molecular flexibility index (Phi) is 10.6. The van der Waals surface area contributed by atoms with Gasteiger partial charge in [0.2, 0.25) is 5.95 Å². The van der Waals surface area contributed by atoms with Crippen LogP contribution in [0.15, 0.2) is 23.8 Å². The maximum absolute atomic E-state index is 12.4. The molecule has 0 amide bonds. The zero-order chi connectivity index (χ0) is 37.8. The number of phosphoric ester groups is 2. The van der Waals surface area contributed by atoms with Crippen LogP contribution in [0, 0.1) is 0 Å². The minimum Gasteiger partial charge on any atom is -0.387 e. The molecular formula is C20H29N11O17P4. The summed E-state index contributed by atoms with van der Waals surface area (Å²) in [5, 5.41) is 20.9. The van der Waals surface area contributed by atoms with Crippen LogP contribution in [0.1, 0.15) is 25.3 Å². The van der Waals surface area contributed by atoms with Crippen molar-refractivity contribution in [1.82, 2.24) is 43.9 Å². The number of aliphatic hydroxyl groups excluding tert-OH is 2. The Bertz CT molecular complexity index is 2230. The third kappa shape index (κ3) is 8.49. The van der Waals surface area contributed by atoms with E-state index in [0.29, 0.717) is 0 Å². The van der Waals surface area contributed by atoms with Crippen molar-refractivity contribution < 1.29 is 75.2 Å². The fraction of sp³-hybridized carbons (Fsp3) is 0.500. The van der Waals surface area contributed by atoms with E-state index in [1.807, 2.05) is 0 Å². The van der Waals surface area contributed by atoms with Crippen molar-refractivity contribution in [3.63, 3.8) is 0 Å². The van der Waals surface area contributed by atoms with E-state index in [4.69, 9.17) is 25.5 Å². The molecule has 28 nitrogen and oxygen atoms in total. The van der Waals surface area contributed by atoms with Gasteiger partial charge < -0.3 is 50.7 Å². The van der Waals surface area contributed by atoms with Gasteiger partial charge in [0.15, 0.2) is 28.9 Å². The number of phosphoric acid groups is 2. The fourth-order valence-corrected chi connectivity index (χ4v) is 10.7. The Hall–Kier alpha value is -3.10. The van der Waals surface area contributed by atoms with Gasteiger partial charge in [-0.1, -0.05) is 0 Å². The lowest BCUT2D eigenvalue weighted by molar-refractivity contribution is -0.0502. The fourth-order valence-electron chi connectivity index (χ4n) is 5.19. The average Bonchev–Trinajstić information content (AvgIpc) is 3.80. The third-order valence-electron chi connectivity index (χ3n) is 7.35. The smallest absolute Gasteiger partial charge is 0.387 e. The molecule has 0 saturated carbocycles. The number of rotatable bonds is 14. The predicted octanol–water partition coefficient (Wildman–Crippen LogP) is -1.52. The maximum atomic E-state index is 12.4. The normalized spacial score (nSPS) is 28.4. The topological polar surface area (TPSA) is 416 Å². The van der Waals surface area contributed by atoms with Crippen molar-refractivity contribution in [2.45, 2.75) is 49.7 Å².